The molecule has 3 rings (SSSR count). The Hall–Kier alpha value is -2.47. The molecule has 5 nitrogen and oxygen atoms in total. The van der Waals surface area contributed by atoms with E-state index in [0.29, 0.717) is 5.75 Å². The summed E-state index contributed by atoms with van der Waals surface area (Å²) in [5, 5.41) is 3.04. The number of hydrogen-bond acceptors (Lipinski definition) is 4. The highest BCUT2D eigenvalue weighted by Crippen LogP contribution is 2.34. The molecule has 0 unspecified atom stereocenters. The Labute approximate surface area is 157 Å². The molecule has 26 heavy (non-hydrogen) atoms. The molecular formula is C20H22N2O3S. The third kappa shape index (κ3) is 4.02. The van der Waals surface area contributed by atoms with E-state index in [0.717, 1.165) is 28.3 Å². The Morgan fingerprint density at radius 3 is 2.65 bits per heavy atom. The number of rotatable bonds is 6. The summed E-state index contributed by atoms with van der Waals surface area (Å²) in [6.07, 6.45) is 0.762. The van der Waals surface area contributed by atoms with Gasteiger partial charge in [-0.05, 0) is 36.2 Å². The van der Waals surface area contributed by atoms with Gasteiger partial charge in [0.2, 0.25) is 11.8 Å². The second-order valence-electron chi connectivity index (χ2n) is 6.04. The predicted molar refractivity (Wildman–Crippen MR) is 104 cm³/mol. The van der Waals surface area contributed by atoms with Crippen LogP contribution in [0.25, 0.3) is 0 Å². The zero-order valence-electron chi connectivity index (χ0n) is 14.9. The first-order valence-electron chi connectivity index (χ1n) is 8.58. The topological polar surface area (TPSA) is 58.6 Å². The Morgan fingerprint density at radius 1 is 1.23 bits per heavy atom. The van der Waals surface area contributed by atoms with Crippen molar-refractivity contribution >= 4 is 29.3 Å². The van der Waals surface area contributed by atoms with E-state index in [1.165, 1.54) is 11.8 Å². The highest BCUT2D eigenvalue weighted by molar-refractivity contribution is 8.00. The summed E-state index contributed by atoms with van der Waals surface area (Å²) < 4.78 is 5.18. The maximum atomic E-state index is 12.6. The van der Waals surface area contributed by atoms with E-state index in [1.807, 2.05) is 55.5 Å². The molecule has 0 fully saturated rings. The molecule has 0 radical (unpaired) electrons. The molecule has 6 heteroatoms. The molecule has 2 aromatic rings. The molecule has 0 bridgehead atoms. The van der Waals surface area contributed by atoms with Crippen LogP contribution < -0.4 is 15.0 Å². The summed E-state index contributed by atoms with van der Waals surface area (Å²) in [4.78, 5) is 27.5. The maximum Gasteiger partial charge on any atom is 0.240 e. The van der Waals surface area contributed by atoms with Gasteiger partial charge in [0.1, 0.15) is 12.3 Å². The lowest BCUT2D eigenvalue weighted by molar-refractivity contribution is -0.123. The van der Waals surface area contributed by atoms with E-state index in [2.05, 4.69) is 5.32 Å². The number of amides is 2. The third-order valence-electron chi connectivity index (χ3n) is 4.37. The summed E-state index contributed by atoms with van der Waals surface area (Å²) in [7, 11) is 1.62. The normalized spacial score (nSPS) is 14.5. The first-order chi connectivity index (χ1) is 12.6. The van der Waals surface area contributed by atoms with Gasteiger partial charge in [0.25, 0.3) is 0 Å². The fourth-order valence-electron chi connectivity index (χ4n) is 2.97. The highest BCUT2D eigenvalue weighted by Gasteiger charge is 2.26. The van der Waals surface area contributed by atoms with Crippen molar-refractivity contribution in [2.75, 3.05) is 24.3 Å². The van der Waals surface area contributed by atoms with Crippen LogP contribution in [0.1, 0.15) is 24.9 Å². The number of anilines is 1. The summed E-state index contributed by atoms with van der Waals surface area (Å²) >= 11 is 1.51. The standard InChI is InChI=1S/C20H22N2O3S/c1-3-16(14-8-10-15(25-2)11-9-14)21-19(23)12-22-17-6-4-5-7-18(17)26-13-20(22)24/h4-11,16H,3,12-13H2,1-2H3,(H,21,23)/t16-/m0/s1. The first kappa shape index (κ1) is 18.3. The Kier molecular flexibility index (Phi) is 5.83. The molecule has 0 spiro atoms. The van der Waals surface area contributed by atoms with Crippen LogP contribution in [-0.4, -0.2) is 31.2 Å². The second-order valence-corrected chi connectivity index (χ2v) is 7.05. The minimum absolute atomic E-state index is 0.0308. The Morgan fingerprint density at radius 2 is 1.96 bits per heavy atom. The monoisotopic (exact) mass is 370 g/mol. The number of ether oxygens (including phenoxy) is 1. The Balaban J connectivity index is 1.70. The van der Waals surface area contributed by atoms with Gasteiger partial charge in [-0.3, -0.25) is 9.59 Å². The molecule has 2 amide bonds. The maximum absolute atomic E-state index is 12.6. The summed E-state index contributed by atoms with van der Waals surface area (Å²) in [5.74, 6) is 0.937. The van der Waals surface area contributed by atoms with Crippen molar-refractivity contribution in [3.05, 3.63) is 54.1 Å². The molecule has 0 aliphatic carbocycles. The van der Waals surface area contributed by atoms with Crippen LogP contribution >= 0.6 is 11.8 Å². The van der Waals surface area contributed by atoms with Crippen LogP contribution in [0, 0.1) is 0 Å². The van der Waals surface area contributed by atoms with Crippen molar-refractivity contribution in [1.82, 2.24) is 5.32 Å². The molecule has 1 aliphatic rings. The van der Waals surface area contributed by atoms with Gasteiger partial charge in [0, 0.05) is 4.90 Å². The minimum atomic E-state index is -0.164. The van der Waals surface area contributed by atoms with Crippen molar-refractivity contribution in [3.8, 4) is 5.75 Å². The SMILES string of the molecule is CC[C@H](NC(=O)CN1C(=O)CSc2ccccc21)c1ccc(OC)cc1. The van der Waals surface area contributed by atoms with Gasteiger partial charge in [-0.1, -0.05) is 31.2 Å². The van der Waals surface area contributed by atoms with Crippen molar-refractivity contribution in [1.29, 1.82) is 0 Å². The number of thioether (sulfide) groups is 1. The van der Waals surface area contributed by atoms with E-state index in [-0.39, 0.29) is 24.4 Å². The van der Waals surface area contributed by atoms with Crippen molar-refractivity contribution in [2.45, 2.75) is 24.3 Å². The molecule has 2 aromatic carbocycles. The number of carbonyl (C=O) groups excluding carboxylic acids is 2. The van der Waals surface area contributed by atoms with Crippen LogP contribution in [0.5, 0.6) is 5.75 Å². The number of methoxy groups -OCH3 is 1. The van der Waals surface area contributed by atoms with Crippen LogP contribution in [0.15, 0.2) is 53.4 Å². The molecule has 0 saturated heterocycles. The van der Waals surface area contributed by atoms with Gasteiger partial charge in [-0.2, -0.15) is 0 Å². The fraction of sp³-hybridized carbons (Fsp3) is 0.300. The number of nitrogens with zero attached hydrogens (tertiary/aromatic N) is 1. The number of benzene rings is 2. The highest BCUT2D eigenvalue weighted by atomic mass is 32.2. The number of para-hydroxylation sites is 1. The van der Waals surface area contributed by atoms with E-state index in [4.69, 9.17) is 4.74 Å². The van der Waals surface area contributed by atoms with Gasteiger partial charge in [0.15, 0.2) is 0 Å². The van der Waals surface area contributed by atoms with E-state index >= 15 is 0 Å². The van der Waals surface area contributed by atoms with Crippen LogP contribution in [0.3, 0.4) is 0 Å². The lowest BCUT2D eigenvalue weighted by Gasteiger charge is -2.29. The molecule has 1 heterocycles. The summed E-state index contributed by atoms with van der Waals surface area (Å²) in [6, 6.07) is 15.2. The van der Waals surface area contributed by atoms with Crippen LogP contribution in [-0.2, 0) is 9.59 Å². The first-order valence-corrected chi connectivity index (χ1v) is 9.56. The lowest BCUT2D eigenvalue weighted by Crippen LogP contribution is -2.44. The van der Waals surface area contributed by atoms with Crippen molar-refractivity contribution in [2.24, 2.45) is 0 Å². The Bertz CT molecular complexity index is 792. The number of nitrogens with one attached hydrogen (secondary N) is 1. The van der Waals surface area contributed by atoms with Gasteiger partial charge >= 0.3 is 0 Å². The smallest absolute Gasteiger partial charge is 0.240 e. The van der Waals surface area contributed by atoms with Gasteiger partial charge in [0.05, 0.1) is 24.6 Å². The molecule has 0 aromatic heterocycles. The largest absolute Gasteiger partial charge is 0.497 e. The molecular weight excluding hydrogens is 348 g/mol. The number of fused-ring (bicyclic) bond motifs is 1. The zero-order valence-corrected chi connectivity index (χ0v) is 15.7. The van der Waals surface area contributed by atoms with Crippen LogP contribution in [0.4, 0.5) is 5.69 Å². The number of hydrogen-bond donors (Lipinski definition) is 1. The van der Waals surface area contributed by atoms with E-state index < -0.39 is 0 Å². The third-order valence-corrected chi connectivity index (χ3v) is 5.42. The van der Waals surface area contributed by atoms with Gasteiger partial charge in [-0.15, -0.1) is 11.8 Å². The molecule has 136 valence electrons. The van der Waals surface area contributed by atoms with E-state index in [9.17, 15) is 9.59 Å². The van der Waals surface area contributed by atoms with E-state index in [1.54, 1.807) is 12.0 Å². The fourth-order valence-corrected chi connectivity index (χ4v) is 3.90. The van der Waals surface area contributed by atoms with Crippen molar-refractivity contribution in [3.63, 3.8) is 0 Å². The van der Waals surface area contributed by atoms with Gasteiger partial charge in [-0.25, -0.2) is 0 Å². The number of carbonyl (C=O) groups is 2. The van der Waals surface area contributed by atoms with Crippen molar-refractivity contribution < 1.29 is 14.3 Å². The summed E-state index contributed by atoms with van der Waals surface area (Å²) in [6.45, 7) is 2.05. The zero-order chi connectivity index (χ0) is 18.5. The molecule has 0 saturated carbocycles. The lowest BCUT2D eigenvalue weighted by atomic mass is 10.0. The minimum Gasteiger partial charge on any atom is -0.497 e. The predicted octanol–water partition coefficient (Wildman–Crippen LogP) is 3.40. The van der Waals surface area contributed by atoms with Crippen LogP contribution in [0.2, 0.25) is 0 Å². The molecule has 1 N–H and O–H groups in total. The average molecular weight is 370 g/mol. The molecule has 1 atom stereocenters. The average Bonchev–Trinajstić information content (AvgIpc) is 2.68. The van der Waals surface area contributed by atoms with Gasteiger partial charge < -0.3 is 15.0 Å². The summed E-state index contributed by atoms with van der Waals surface area (Å²) in [5.41, 5.74) is 1.82. The molecule has 1 aliphatic heterocycles. The quantitative estimate of drug-likeness (QED) is 0.847. The second kappa shape index (κ2) is 8.27.